The second kappa shape index (κ2) is 7.30. The molecule has 0 nitrogen and oxygen atoms in total. The number of hydrogen-bond donors (Lipinski definition) is 0. The van der Waals surface area contributed by atoms with Crippen LogP contribution in [0.25, 0.3) is 5.57 Å². The maximum absolute atomic E-state index is 16.0. The lowest BCUT2D eigenvalue weighted by Gasteiger charge is -2.30. The predicted octanol–water partition coefficient (Wildman–Crippen LogP) is 6.52. The Morgan fingerprint density at radius 1 is 1.08 bits per heavy atom. The van der Waals surface area contributed by atoms with Gasteiger partial charge in [-0.2, -0.15) is 0 Å². The lowest BCUT2D eigenvalue weighted by Crippen LogP contribution is -2.25. The fourth-order valence-electron chi connectivity index (χ4n) is 3.30. The highest BCUT2D eigenvalue weighted by Crippen LogP contribution is 2.46. The molecule has 0 spiro atoms. The standard InChI is InChI=1S/C22H21F3/c1-2-3-8-16-9-6-10-17(15-16)18-11-4-5-14-22(18,25)19-12-7-13-20(23)21(19)24/h4-7,9-13,15H,2-3,8,14H2,1H3. The molecule has 1 unspecified atom stereocenters. The summed E-state index contributed by atoms with van der Waals surface area (Å²) in [6, 6.07) is 11.4. The molecule has 0 saturated heterocycles. The largest absolute Gasteiger partial charge is 0.233 e. The number of allylic oxidation sites excluding steroid dienone is 4. The van der Waals surface area contributed by atoms with Gasteiger partial charge in [-0.05, 0) is 30.0 Å². The maximum Gasteiger partial charge on any atom is 0.167 e. The SMILES string of the molecule is CCCCc1cccc(C2=CC=CCC2(F)c2cccc(F)c2F)c1. The van der Waals surface area contributed by atoms with Crippen molar-refractivity contribution in [1.29, 1.82) is 0 Å². The summed E-state index contributed by atoms with van der Waals surface area (Å²) in [6.45, 7) is 2.12. The van der Waals surface area contributed by atoms with Crippen molar-refractivity contribution in [2.45, 2.75) is 38.3 Å². The van der Waals surface area contributed by atoms with Crippen LogP contribution >= 0.6 is 0 Å². The normalized spacial score (nSPS) is 19.8. The molecule has 1 aliphatic carbocycles. The van der Waals surface area contributed by atoms with Gasteiger partial charge < -0.3 is 0 Å². The van der Waals surface area contributed by atoms with Crippen LogP contribution in [0.5, 0.6) is 0 Å². The monoisotopic (exact) mass is 342 g/mol. The number of hydrogen-bond acceptors (Lipinski definition) is 0. The van der Waals surface area contributed by atoms with Gasteiger partial charge in [0.25, 0.3) is 0 Å². The van der Waals surface area contributed by atoms with Gasteiger partial charge in [-0.1, -0.05) is 68.0 Å². The van der Waals surface area contributed by atoms with E-state index >= 15 is 4.39 Å². The quantitative estimate of drug-likeness (QED) is 0.580. The first kappa shape index (κ1) is 17.5. The molecule has 0 saturated carbocycles. The molecule has 0 bridgehead atoms. The molecule has 2 aromatic rings. The van der Waals surface area contributed by atoms with Crippen molar-refractivity contribution in [2.75, 3.05) is 0 Å². The summed E-state index contributed by atoms with van der Waals surface area (Å²) in [6.07, 6.45) is 8.11. The van der Waals surface area contributed by atoms with Crippen LogP contribution in [0.4, 0.5) is 13.2 Å². The first-order chi connectivity index (χ1) is 12.1. The van der Waals surface area contributed by atoms with Crippen molar-refractivity contribution < 1.29 is 13.2 Å². The van der Waals surface area contributed by atoms with Crippen LogP contribution in [0.2, 0.25) is 0 Å². The minimum absolute atomic E-state index is 0.0155. The Bertz CT molecular complexity index is 820. The third-order valence-corrected chi connectivity index (χ3v) is 4.66. The van der Waals surface area contributed by atoms with Gasteiger partial charge in [0, 0.05) is 17.6 Å². The molecule has 0 radical (unpaired) electrons. The lowest BCUT2D eigenvalue weighted by molar-refractivity contribution is 0.239. The van der Waals surface area contributed by atoms with Gasteiger partial charge in [0.15, 0.2) is 17.3 Å². The highest BCUT2D eigenvalue weighted by Gasteiger charge is 2.40. The Balaban J connectivity index is 2.06. The highest BCUT2D eigenvalue weighted by molar-refractivity contribution is 5.77. The molecular formula is C22H21F3. The molecule has 3 rings (SSSR count). The van der Waals surface area contributed by atoms with Crippen LogP contribution in [0.1, 0.15) is 42.9 Å². The van der Waals surface area contributed by atoms with Gasteiger partial charge in [0.05, 0.1) is 0 Å². The summed E-state index contributed by atoms with van der Waals surface area (Å²) < 4.78 is 43.9. The number of unbranched alkanes of at least 4 members (excludes halogenated alkanes) is 1. The average Bonchev–Trinajstić information content (AvgIpc) is 2.62. The van der Waals surface area contributed by atoms with Crippen molar-refractivity contribution in [2.24, 2.45) is 0 Å². The summed E-state index contributed by atoms with van der Waals surface area (Å²) in [5.41, 5.74) is -0.120. The average molecular weight is 342 g/mol. The molecule has 1 atom stereocenters. The van der Waals surface area contributed by atoms with Crippen LogP contribution in [0.15, 0.2) is 60.7 Å². The Morgan fingerprint density at radius 2 is 1.88 bits per heavy atom. The Morgan fingerprint density at radius 3 is 2.68 bits per heavy atom. The van der Waals surface area contributed by atoms with Crippen molar-refractivity contribution in [3.05, 3.63) is 89.0 Å². The third kappa shape index (κ3) is 3.41. The molecule has 1 aliphatic rings. The van der Waals surface area contributed by atoms with Gasteiger partial charge in [-0.15, -0.1) is 0 Å². The third-order valence-electron chi connectivity index (χ3n) is 4.66. The number of benzene rings is 2. The molecule has 130 valence electrons. The number of aryl methyl sites for hydroxylation is 1. The van der Waals surface area contributed by atoms with E-state index < -0.39 is 17.3 Å². The fraction of sp³-hybridized carbons (Fsp3) is 0.273. The molecule has 0 N–H and O–H groups in total. The van der Waals surface area contributed by atoms with Gasteiger partial charge in [-0.25, -0.2) is 13.2 Å². The highest BCUT2D eigenvalue weighted by atomic mass is 19.2. The lowest BCUT2D eigenvalue weighted by atomic mass is 9.78. The molecule has 0 fully saturated rings. The summed E-state index contributed by atoms with van der Waals surface area (Å²) in [5.74, 6) is -2.14. The summed E-state index contributed by atoms with van der Waals surface area (Å²) in [7, 11) is 0. The van der Waals surface area contributed by atoms with Crippen molar-refractivity contribution in [3.63, 3.8) is 0 Å². The van der Waals surface area contributed by atoms with E-state index in [4.69, 9.17) is 0 Å². The summed E-state index contributed by atoms with van der Waals surface area (Å²) >= 11 is 0. The van der Waals surface area contributed by atoms with Crippen molar-refractivity contribution in [1.82, 2.24) is 0 Å². The topological polar surface area (TPSA) is 0 Å². The Hall–Kier alpha value is -2.29. The second-order valence-corrected chi connectivity index (χ2v) is 6.42. The van der Waals surface area contributed by atoms with Crippen molar-refractivity contribution >= 4 is 5.57 Å². The minimum Gasteiger partial charge on any atom is -0.233 e. The van der Waals surface area contributed by atoms with Gasteiger partial charge in [-0.3, -0.25) is 0 Å². The summed E-state index contributed by atoms with van der Waals surface area (Å²) in [4.78, 5) is 0. The van der Waals surface area contributed by atoms with E-state index in [0.29, 0.717) is 11.1 Å². The molecule has 0 aromatic heterocycles. The van der Waals surface area contributed by atoms with E-state index in [2.05, 4.69) is 6.92 Å². The molecule has 0 aliphatic heterocycles. The minimum atomic E-state index is -2.08. The van der Waals surface area contributed by atoms with E-state index in [9.17, 15) is 8.78 Å². The smallest absolute Gasteiger partial charge is 0.167 e. The van der Waals surface area contributed by atoms with Crippen LogP contribution in [-0.2, 0) is 12.1 Å². The zero-order valence-electron chi connectivity index (χ0n) is 14.2. The number of alkyl halides is 1. The first-order valence-electron chi connectivity index (χ1n) is 8.66. The number of halogens is 3. The summed E-state index contributed by atoms with van der Waals surface area (Å²) in [5, 5.41) is 0. The van der Waals surface area contributed by atoms with E-state index in [0.717, 1.165) is 30.9 Å². The number of rotatable bonds is 5. The van der Waals surface area contributed by atoms with E-state index in [1.807, 2.05) is 24.3 Å². The van der Waals surface area contributed by atoms with Gasteiger partial charge in [0.2, 0.25) is 0 Å². The molecule has 25 heavy (non-hydrogen) atoms. The molecule has 0 heterocycles. The van der Waals surface area contributed by atoms with Gasteiger partial charge >= 0.3 is 0 Å². The first-order valence-corrected chi connectivity index (χ1v) is 8.66. The van der Waals surface area contributed by atoms with Gasteiger partial charge in [0.1, 0.15) is 0 Å². The van der Waals surface area contributed by atoms with Crippen LogP contribution in [0, 0.1) is 11.6 Å². The zero-order valence-corrected chi connectivity index (χ0v) is 14.2. The van der Waals surface area contributed by atoms with Crippen molar-refractivity contribution in [3.8, 4) is 0 Å². The fourth-order valence-corrected chi connectivity index (χ4v) is 3.30. The molecule has 2 aromatic carbocycles. The predicted molar refractivity (Wildman–Crippen MR) is 95.9 cm³/mol. The molecule has 3 heteroatoms. The molecular weight excluding hydrogens is 321 g/mol. The van der Waals surface area contributed by atoms with Crippen LogP contribution < -0.4 is 0 Å². The Kier molecular flexibility index (Phi) is 5.12. The zero-order chi connectivity index (χ0) is 17.9. The molecule has 0 amide bonds. The maximum atomic E-state index is 16.0. The Labute approximate surface area is 146 Å². The van der Waals surface area contributed by atoms with Crippen LogP contribution in [-0.4, -0.2) is 0 Å². The van der Waals surface area contributed by atoms with Crippen LogP contribution in [0.3, 0.4) is 0 Å². The van der Waals surface area contributed by atoms with E-state index in [1.165, 1.54) is 12.1 Å². The second-order valence-electron chi connectivity index (χ2n) is 6.42. The van der Waals surface area contributed by atoms with E-state index in [1.54, 1.807) is 18.2 Å². The van der Waals surface area contributed by atoms with E-state index in [-0.39, 0.29) is 12.0 Å².